The maximum Gasteiger partial charge on any atom is 0.254 e. The number of thiophene rings is 1. The number of methoxy groups -OCH3 is 2. The number of nitrogens with one attached hydrogen (secondary N) is 1. The highest BCUT2D eigenvalue weighted by Crippen LogP contribution is 2.46. The summed E-state index contributed by atoms with van der Waals surface area (Å²) in [6.45, 7) is 1.20. The summed E-state index contributed by atoms with van der Waals surface area (Å²) in [4.78, 5) is 29.3. The Balaban J connectivity index is 1.76. The number of carbonyl (C=O) groups is 2. The van der Waals surface area contributed by atoms with Crippen LogP contribution >= 0.6 is 11.3 Å². The Morgan fingerprint density at radius 2 is 2.07 bits per heavy atom. The van der Waals surface area contributed by atoms with Crippen molar-refractivity contribution in [3.8, 4) is 11.5 Å². The average Bonchev–Trinajstić information content (AvgIpc) is 3.47. The van der Waals surface area contributed by atoms with Crippen LogP contribution in [0.15, 0.2) is 29.6 Å². The molecule has 2 aliphatic heterocycles. The van der Waals surface area contributed by atoms with Crippen molar-refractivity contribution in [1.29, 1.82) is 0 Å². The topological polar surface area (TPSA) is 77.1 Å². The van der Waals surface area contributed by atoms with Gasteiger partial charge in [-0.05, 0) is 42.0 Å². The number of hydrogen-bond acceptors (Lipinski definition) is 6. The van der Waals surface area contributed by atoms with Crippen LogP contribution in [0, 0.1) is 0 Å². The Bertz CT molecular complexity index is 924. The molecule has 8 heteroatoms. The van der Waals surface area contributed by atoms with Gasteiger partial charge in [-0.15, -0.1) is 11.3 Å². The Morgan fingerprint density at radius 1 is 1.30 bits per heavy atom. The number of benzene rings is 1. The first-order chi connectivity index (χ1) is 14.5. The van der Waals surface area contributed by atoms with E-state index >= 15 is 0 Å². The minimum atomic E-state index is -0.567. The summed E-state index contributed by atoms with van der Waals surface area (Å²) in [5.74, 6) is 0.119. The lowest BCUT2D eigenvalue weighted by atomic mass is 9.81. The lowest BCUT2D eigenvalue weighted by Crippen LogP contribution is -2.46. The molecule has 4 rings (SSSR count). The van der Waals surface area contributed by atoms with Gasteiger partial charge < -0.3 is 24.4 Å². The number of ether oxygens (including phenoxy) is 3. The van der Waals surface area contributed by atoms with E-state index in [0.29, 0.717) is 29.2 Å². The van der Waals surface area contributed by atoms with Gasteiger partial charge in [-0.25, -0.2) is 0 Å². The summed E-state index contributed by atoms with van der Waals surface area (Å²) < 4.78 is 16.5. The van der Waals surface area contributed by atoms with Gasteiger partial charge in [0.2, 0.25) is 5.91 Å². The van der Waals surface area contributed by atoms with Crippen LogP contribution in [0.2, 0.25) is 0 Å². The first-order valence-electron chi connectivity index (χ1n) is 10.0. The van der Waals surface area contributed by atoms with Gasteiger partial charge in [0.05, 0.1) is 32.3 Å². The molecular weight excluding hydrogens is 404 g/mol. The molecule has 1 aromatic carbocycles. The van der Waals surface area contributed by atoms with Crippen LogP contribution in [0.5, 0.6) is 11.5 Å². The van der Waals surface area contributed by atoms with Crippen LogP contribution in [0.1, 0.15) is 45.6 Å². The van der Waals surface area contributed by atoms with E-state index in [2.05, 4.69) is 5.32 Å². The van der Waals surface area contributed by atoms with Gasteiger partial charge in [-0.3, -0.25) is 9.59 Å². The molecule has 160 valence electrons. The van der Waals surface area contributed by atoms with Crippen LogP contribution in [-0.4, -0.2) is 57.2 Å². The summed E-state index contributed by atoms with van der Waals surface area (Å²) in [6, 6.07) is 6.93. The van der Waals surface area contributed by atoms with Crippen molar-refractivity contribution >= 4 is 23.2 Å². The van der Waals surface area contributed by atoms with E-state index in [9.17, 15) is 9.59 Å². The zero-order valence-electron chi connectivity index (χ0n) is 17.3. The molecule has 2 aliphatic rings. The van der Waals surface area contributed by atoms with Crippen molar-refractivity contribution < 1.29 is 23.8 Å². The predicted molar refractivity (Wildman–Crippen MR) is 113 cm³/mol. The Kier molecular flexibility index (Phi) is 5.97. The molecule has 0 bridgehead atoms. The lowest BCUT2D eigenvalue weighted by molar-refractivity contribution is -0.124. The molecule has 0 radical (unpaired) electrons. The third-order valence-electron chi connectivity index (χ3n) is 5.82. The molecular formula is C22H26N2O5S. The molecule has 1 fully saturated rings. The molecule has 7 nitrogen and oxygen atoms in total. The minimum Gasteiger partial charge on any atom is -0.493 e. The Morgan fingerprint density at radius 3 is 2.70 bits per heavy atom. The highest BCUT2D eigenvalue weighted by Gasteiger charge is 2.44. The molecule has 30 heavy (non-hydrogen) atoms. The molecule has 1 N–H and O–H groups in total. The molecule has 0 aliphatic carbocycles. The minimum absolute atomic E-state index is 0.0435. The van der Waals surface area contributed by atoms with Crippen LogP contribution in [0.4, 0.5) is 0 Å². The number of rotatable bonds is 6. The zero-order chi connectivity index (χ0) is 21.3. The molecule has 3 atom stereocenters. The molecule has 2 aromatic rings. The van der Waals surface area contributed by atoms with Crippen molar-refractivity contribution in [3.05, 3.63) is 45.6 Å². The van der Waals surface area contributed by atoms with Crippen molar-refractivity contribution in [1.82, 2.24) is 10.2 Å². The Labute approximate surface area is 179 Å². The van der Waals surface area contributed by atoms with E-state index in [1.165, 1.54) is 18.4 Å². The maximum atomic E-state index is 13.5. The molecule has 0 spiro atoms. The standard InChI is InChI=1S/C22H26N2O5S/c1-24-20(18-7-5-9-30-18)19(21(25)23-12-13-6-4-8-29-13)14-10-16(27-2)17(28-3)11-15(14)22(24)26/h5,7,9-11,13,19-20H,4,6,8,12H2,1-3H3,(H,23,25)/t13-,19-,20+/m0/s1. The Hall–Kier alpha value is -2.58. The fourth-order valence-corrected chi connectivity index (χ4v) is 5.18. The van der Waals surface area contributed by atoms with E-state index in [0.717, 1.165) is 24.3 Å². The first kappa shape index (κ1) is 20.7. The monoisotopic (exact) mass is 430 g/mol. The summed E-state index contributed by atoms with van der Waals surface area (Å²) in [5.41, 5.74) is 1.11. The highest BCUT2D eigenvalue weighted by atomic mass is 32.1. The summed E-state index contributed by atoms with van der Waals surface area (Å²) in [6.07, 6.45) is 2.00. The van der Waals surface area contributed by atoms with E-state index in [1.54, 1.807) is 31.2 Å². The second kappa shape index (κ2) is 8.65. The second-order valence-electron chi connectivity index (χ2n) is 7.53. The highest BCUT2D eigenvalue weighted by molar-refractivity contribution is 7.10. The van der Waals surface area contributed by atoms with Crippen molar-refractivity contribution in [2.45, 2.75) is 30.9 Å². The summed E-state index contributed by atoms with van der Waals surface area (Å²) >= 11 is 1.54. The van der Waals surface area contributed by atoms with E-state index in [4.69, 9.17) is 14.2 Å². The van der Waals surface area contributed by atoms with Gasteiger partial charge in [0, 0.05) is 30.6 Å². The number of hydrogen-bond donors (Lipinski definition) is 1. The van der Waals surface area contributed by atoms with Crippen molar-refractivity contribution in [3.63, 3.8) is 0 Å². The van der Waals surface area contributed by atoms with Crippen LogP contribution in [-0.2, 0) is 9.53 Å². The van der Waals surface area contributed by atoms with Crippen LogP contribution in [0.25, 0.3) is 0 Å². The molecule has 1 aromatic heterocycles. The van der Waals surface area contributed by atoms with Gasteiger partial charge in [-0.1, -0.05) is 6.07 Å². The third-order valence-corrected chi connectivity index (χ3v) is 6.76. The van der Waals surface area contributed by atoms with Gasteiger partial charge in [0.15, 0.2) is 11.5 Å². The number of likely N-dealkylation sites (N-methyl/N-ethyl adjacent to an activating group) is 1. The third kappa shape index (κ3) is 3.65. The molecule has 0 unspecified atom stereocenters. The van der Waals surface area contributed by atoms with E-state index in [-0.39, 0.29) is 17.9 Å². The van der Waals surface area contributed by atoms with Crippen LogP contribution in [0.3, 0.4) is 0 Å². The number of nitrogens with zero attached hydrogens (tertiary/aromatic N) is 1. The smallest absolute Gasteiger partial charge is 0.254 e. The average molecular weight is 431 g/mol. The first-order valence-corrected chi connectivity index (χ1v) is 10.9. The summed E-state index contributed by atoms with van der Waals surface area (Å²) in [7, 11) is 4.82. The van der Waals surface area contributed by atoms with Crippen molar-refractivity contribution in [2.75, 3.05) is 34.4 Å². The fourth-order valence-electron chi connectivity index (χ4n) is 4.28. The van der Waals surface area contributed by atoms with Crippen LogP contribution < -0.4 is 14.8 Å². The van der Waals surface area contributed by atoms with Gasteiger partial charge in [0.25, 0.3) is 5.91 Å². The van der Waals surface area contributed by atoms with Gasteiger partial charge in [-0.2, -0.15) is 0 Å². The van der Waals surface area contributed by atoms with E-state index in [1.807, 2.05) is 17.5 Å². The van der Waals surface area contributed by atoms with Gasteiger partial charge in [0.1, 0.15) is 0 Å². The number of amides is 2. The SMILES string of the molecule is COc1cc2c(cc1OC)[C@H](C(=O)NC[C@@H]1CCCO1)[C@@H](c1cccs1)N(C)C2=O. The normalized spacial score (nSPS) is 23.2. The fraction of sp³-hybridized carbons (Fsp3) is 0.455. The number of carbonyl (C=O) groups excluding carboxylic acids is 2. The lowest BCUT2D eigenvalue weighted by Gasteiger charge is -2.39. The molecule has 1 saturated heterocycles. The maximum absolute atomic E-state index is 13.5. The largest absolute Gasteiger partial charge is 0.493 e. The quantitative estimate of drug-likeness (QED) is 0.763. The zero-order valence-corrected chi connectivity index (χ0v) is 18.2. The van der Waals surface area contributed by atoms with Gasteiger partial charge >= 0.3 is 0 Å². The second-order valence-corrected chi connectivity index (χ2v) is 8.51. The molecule has 0 saturated carbocycles. The number of fused-ring (bicyclic) bond motifs is 1. The van der Waals surface area contributed by atoms with Crippen molar-refractivity contribution in [2.24, 2.45) is 0 Å². The molecule has 3 heterocycles. The predicted octanol–water partition coefficient (Wildman–Crippen LogP) is 2.97. The van der Waals surface area contributed by atoms with E-state index < -0.39 is 12.0 Å². The molecule has 2 amide bonds. The summed E-state index contributed by atoms with van der Waals surface area (Å²) in [5, 5.41) is 5.02.